The summed E-state index contributed by atoms with van der Waals surface area (Å²) in [6.07, 6.45) is 14.1. The van der Waals surface area contributed by atoms with E-state index in [1.807, 2.05) is 0 Å². The van der Waals surface area contributed by atoms with E-state index in [1.165, 1.54) is 57.8 Å². The molecule has 1 spiro atoms. The molecular weight excluding hydrogens is 248 g/mol. The Morgan fingerprint density at radius 2 is 1.70 bits per heavy atom. The van der Waals surface area contributed by atoms with Crippen molar-refractivity contribution in [3.05, 3.63) is 12.2 Å². The molecule has 0 aromatic carbocycles. The molecule has 3 rings (SSSR count). The lowest BCUT2D eigenvalue weighted by molar-refractivity contribution is -0.169. The van der Waals surface area contributed by atoms with E-state index in [4.69, 9.17) is 4.74 Å². The molecule has 112 valence electrons. The van der Waals surface area contributed by atoms with Crippen LogP contribution in [-0.4, -0.2) is 11.6 Å². The lowest BCUT2D eigenvalue weighted by Gasteiger charge is -2.49. The van der Waals surface area contributed by atoms with Crippen LogP contribution in [-0.2, 0) is 9.53 Å². The molecular formula is C18H28O2. The molecule has 20 heavy (non-hydrogen) atoms. The second-order valence-electron chi connectivity index (χ2n) is 7.60. The van der Waals surface area contributed by atoms with E-state index in [1.54, 1.807) is 6.92 Å². The van der Waals surface area contributed by atoms with Gasteiger partial charge in [-0.25, -0.2) is 4.79 Å². The van der Waals surface area contributed by atoms with E-state index >= 15 is 0 Å². The fourth-order valence-corrected chi connectivity index (χ4v) is 4.70. The number of ether oxygens (including phenoxy) is 1. The Morgan fingerprint density at radius 3 is 2.30 bits per heavy atom. The maximum Gasteiger partial charge on any atom is 0.333 e. The summed E-state index contributed by atoms with van der Waals surface area (Å²) in [5, 5.41) is 0. The van der Waals surface area contributed by atoms with Crippen molar-refractivity contribution in [2.45, 2.75) is 83.2 Å². The molecule has 0 radical (unpaired) electrons. The van der Waals surface area contributed by atoms with Gasteiger partial charge in [0.25, 0.3) is 0 Å². The molecule has 3 aliphatic rings. The van der Waals surface area contributed by atoms with Crippen LogP contribution in [0.15, 0.2) is 12.2 Å². The summed E-state index contributed by atoms with van der Waals surface area (Å²) < 4.78 is 6.05. The lowest BCUT2D eigenvalue weighted by atomic mass is 9.60. The van der Waals surface area contributed by atoms with E-state index in [-0.39, 0.29) is 11.6 Å². The quantitative estimate of drug-likeness (QED) is 0.548. The van der Waals surface area contributed by atoms with Gasteiger partial charge in [0.15, 0.2) is 0 Å². The molecule has 2 heteroatoms. The first kappa shape index (κ1) is 14.2. The van der Waals surface area contributed by atoms with Crippen LogP contribution in [0.5, 0.6) is 0 Å². The molecule has 0 aromatic heterocycles. The van der Waals surface area contributed by atoms with Crippen LogP contribution in [0, 0.1) is 11.3 Å². The van der Waals surface area contributed by atoms with Gasteiger partial charge in [-0.2, -0.15) is 0 Å². The largest absolute Gasteiger partial charge is 0.455 e. The van der Waals surface area contributed by atoms with Gasteiger partial charge in [0.05, 0.1) is 0 Å². The minimum atomic E-state index is -0.162. The van der Waals surface area contributed by atoms with E-state index in [2.05, 4.69) is 6.58 Å². The molecule has 0 N–H and O–H groups in total. The van der Waals surface area contributed by atoms with Crippen LogP contribution in [0.1, 0.15) is 77.6 Å². The van der Waals surface area contributed by atoms with Crippen LogP contribution < -0.4 is 0 Å². The summed E-state index contributed by atoms with van der Waals surface area (Å²) in [6.45, 7) is 5.53. The van der Waals surface area contributed by atoms with Gasteiger partial charge in [0.1, 0.15) is 5.60 Å². The third-order valence-corrected chi connectivity index (χ3v) is 5.86. The number of carbonyl (C=O) groups excluding carboxylic acids is 1. The highest BCUT2D eigenvalue weighted by Gasteiger charge is 2.54. The Balaban J connectivity index is 1.79. The first-order valence-corrected chi connectivity index (χ1v) is 8.44. The second-order valence-corrected chi connectivity index (χ2v) is 7.60. The molecule has 3 fully saturated rings. The lowest BCUT2D eigenvalue weighted by Crippen LogP contribution is -2.47. The van der Waals surface area contributed by atoms with Gasteiger partial charge in [-0.1, -0.05) is 25.8 Å². The Bertz CT molecular complexity index is 396. The van der Waals surface area contributed by atoms with Gasteiger partial charge in [0.2, 0.25) is 0 Å². The zero-order valence-corrected chi connectivity index (χ0v) is 12.9. The minimum absolute atomic E-state index is 0.147. The van der Waals surface area contributed by atoms with Crippen LogP contribution in [0.25, 0.3) is 0 Å². The van der Waals surface area contributed by atoms with Crippen molar-refractivity contribution in [2.24, 2.45) is 11.3 Å². The predicted octanol–water partition coefficient (Wildman–Crippen LogP) is 4.78. The smallest absolute Gasteiger partial charge is 0.333 e. The van der Waals surface area contributed by atoms with Gasteiger partial charge in [0, 0.05) is 5.57 Å². The summed E-state index contributed by atoms with van der Waals surface area (Å²) in [5.41, 5.74) is 0.883. The van der Waals surface area contributed by atoms with Crippen molar-refractivity contribution < 1.29 is 9.53 Å². The van der Waals surface area contributed by atoms with Crippen molar-refractivity contribution in [1.29, 1.82) is 0 Å². The highest BCUT2D eigenvalue weighted by molar-refractivity contribution is 5.87. The van der Waals surface area contributed by atoms with E-state index in [9.17, 15) is 4.79 Å². The molecule has 0 aromatic rings. The zero-order chi connectivity index (χ0) is 14.2. The van der Waals surface area contributed by atoms with Gasteiger partial charge in [-0.05, 0) is 69.6 Å². The number of hydrogen-bond acceptors (Lipinski definition) is 2. The standard InChI is InChI=1S/C18H28O2/c1-14(2)16(19)20-18(15-7-8-15)12-6-11-17(13-18)9-4-3-5-10-17/h15H,1,3-13H2,2H3. The monoisotopic (exact) mass is 276 g/mol. The highest BCUT2D eigenvalue weighted by atomic mass is 16.6. The molecule has 0 heterocycles. The summed E-state index contributed by atoms with van der Waals surface area (Å²) >= 11 is 0. The average molecular weight is 276 g/mol. The Morgan fingerprint density at radius 1 is 1.05 bits per heavy atom. The van der Waals surface area contributed by atoms with Crippen molar-refractivity contribution >= 4 is 5.97 Å². The summed E-state index contributed by atoms with van der Waals surface area (Å²) in [5.74, 6) is 0.467. The highest BCUT2D eigenvalue weighted by Crippen LogP contribution is 2.58. The fourth-order valence-electron chi connectivity index (χ4n) is 4.70. The van der Waals surface area contributed by atoms with Crippen molar-refractivity contribution in [3.8, 4) is 0 Å². The molecule has 3 saturated carbocycles. The minimum Gasteiger partial charge on any atom is -0.455 e. The summed E-state index contributed by atoms with van der Waals surface area (Å²) in [6, 6.07) is 0. The van der Waals surface area contributed by atoms with Crippen LogP contribution in [0.2, 0.25) is 0 Å². The molecule has 0 amide bonds. The van der Waals surface area contributed by atoms with Crippen molar-refractivity contribution in [2.75, 3.05) is 0 Å². The Kier molecular flexibility index (Phi) is 3.68. The molecule has 0 aliphatic heterocycles. The fraction of sp³-hybridized carbons (Fsp3) is 0.833. The SMILES string of the molecule is C=C(C)C(=O)OC1(C2CC2)CCCC2(CCCCC2)C1. The number of rotatable bonds is 3. The third kappa shape index (κ3) is 2.66. The van der Waals surface area contributed by atoms with Crippen LogP contribution >= 0.6 is 0 Å². The van der Waals surface area contributed by atoms with E-state index in [0.29, 0.717) is 16.9 Å². The van der Waals surface area contributed by atoms with Crippen molar-refractivity contribution in [3.63, 3.8) is 0 Å². The normalized spacial score (nSPS) is 32.9. The summed E-state index contributed by atoms with van der Waals surface area (Å²) in [7, 11) is 0. The predicted molar refractivity (Wildman–Crippen MR) is 80.3 cm³/mol. The topological polar surface area (TPSA) is 26.3 Å². The van der Waals surface area contributed by atoms with Crippen LogP contribution in [0.4, 0.5) is 0 Å². The molecule has 1 unspecified atom stereocenters. The first-order chi connectivity index (χ1) is 9.55. The van der Waals surface area contributed by atoms with E-state index < -0.39 is 0 Å². The Hall–Kier alpha value is -0.790. The first-order valence-electron chi connectivity index (χ1n) is 8.44. The number of hydrogen-bond donors (Lipinski definition) is 0. The van der Waals surface area contributed by atoms with E-state index in [0.717, 1.165) is 12.8 Å². The zero-order valence-electron chi connectivity index (χ0n) is 12.9. The van der Waals surface area contributed by atoms with Gasteiger partial charge in [-0.3, -0.25) is 0 Å². The maximum absolute atomic E-state index is 12.1. The Labute approximate surface area is 123 Å². The second kappa shape index (κ2) is 5.20. The average Bonchev–Trinajstić information content (AvgIpc) is 3.24. The van der Waals surface area contributed by atoms with Crippen molar-refractivity contribution in [1.82, 2.24) is 0 Å². The van der Waals surface area contributed by atoms with Crippen LogP contribution in [0.3, 0.4) is 0 Å². The molecule has 3 aliphatic carbocycles. The number of esters is 1. The van der Waals surface area contributed by atoms with Gasteiger partial charge < -0.3 is 4.74 Å². The molecule has 2 nitrogen and oxygen atoms in total. The third-order valence-electron chi connectivity index (χ3n) is 5.86. The van der Waals surface area contributed by atoms with Gasteiger partial charge in [-0.15, -0.1) is 0 Å². The number of carbonyl (C=O) groups is 1. The summed E-state index contributed by atoms with van der Waals surface area (Å²) in [4.78, 5) is 12.1. The van der Waals surface area contributed by atoms with Gasteiger partial charge >= 0.3 is 5.97 Å². The molecule has 0 saturated heterocycles. The molecule has 1 atom stereocenters. The molecule has 0 bridgehead atoms. The maximum atomic E-state index is 12.1.